The molecule has 0 saturated carbocycles. The van der Waals surface area contributed by atoms with E-state index in [1.165, 1.54) is 135 Å². The second kappa shape index (κ2) is 26.5. The molecule has 177 valence electrons. The normalized spacial score (nSPS) is 13.0. The topological polar surface area (TPSA) is 0 Å². The Balaban J connectivity index is 3.26. The van der Waals surface area contributed by atoms with Crippen LogP contribution in [0.5, 0.6) is 0 Å². The van der Waals surface area contributed by atoms with Crippen LogP contribution in [-0.2, 0) is 0 Å². The van der Waals surface area contributed by atoms with Crippen LogP contribution in [0, 0.1) is 12.3 Å². The van der Waals surface area contributed by atoms with Gasteiger partial charge in [-0.25, -0.2) is 0 Å². The highest BCUT2D eigenvalue weighted by atomic mass is 14.1. The molecule has 0 aliphatic rings. The van der Waals surface area contributed by atoms with Crippen molar-refractivity contribution in [3.63, 3.8) is 0 Å². The Morgan fingerprint density at radius 3 is 1.50 bits per heavy atom. The fraction of sp³-hybridized carbons (Fsp3) is 0.833. The van der Waals surface area contributed by atoms with Crippen molar-refractivity contribution in [3.05, 3.63) is 30.7 Å². The predicted octanol–water partition coefficient (Wildman–Crippen LogP) is 11.2. The van der Waals surface area contributed by atoms with Crippen LogP contribution < -0.4 is 0 Å². The zero-order valence-corrected chi connectivity index (χ0v) is 21.3. The highest BCUT2D eigenvalue weighted by molar-refractivity contribution is 4.87. The van der Waals surface area contributed by atoms with Gasteiger partial charge in [0.2, 0.25) is 0 Å². The Bertz CT molecular complexity index is 351. The molecule has 0 bridgehead atoms. The van der Waals surface area contributed by atoms with E-state index in [0.29, 0.717) is 0 Å². The molecular weight excluding hydrogens is 360 g/mol. The first-order valence-corrected chi connectivity index (χ1v) is 13.9. The van der Waals surface area contributed by atoms with Crippen molar-refractivity contribution in [1.29, 1.82) is 0 Å². The lowest BCUT2D eigenvalue weighted by Gasteiger charge is -2.10. The van der Waals surface area contributed by atoms with Crippen LogP contribution in [0.1, 0.15) is 156 Å². The highest BCUT2D eigenvalue weighted by Crippen LogP contribution is 2.17. The average Bonchev–Trinajstić information content (AvgIpc) is 2.75. The van der Waals surface area contributed by atoms with Crippen molar-refractivity contribution in [2.45, 2.75) is 156 Å². The smallest absolute Gasteiger partial charge is 0.0319 e. The van der Waals surface area contributed by atoms with Crippen molar-refractivity contribution >= 4 is 0 Å². The molecule has 0 heteroatoms. The maximum Gasteiger partial charge on any atom is -0.0319 e. The van der Waals surface area contributed by atoms with Gasteiger partial charge in [0.05, 0.1) is 0 Å². The first-order chi connectivity index (χ1) is 14.8. The van der Waals surface area contributed by atoms with E-state index in [4.69, 9.17) is 0 Å². The maximum absolute atomic E-state index is 2.48. The minimum absolute atomic E-state index is 0.895. The number of hydrogen-bond acceptors (Lipinski definition) is 0. The molecule has 0 saturated heterocycles. The summed E-state index contributed by atoms with van der Waals surface area (Å²) in [6.07, 6.45) is 40.9. The third-order valence-electron chi connectivity index (χ3n) is 6.27. The van der Waals surface area contributed by atoms with Crippen LogP contribution in [0.25, 0.3) is 0 Å². The van der Waals surface area contributed by atoms with Gasteiger partial charge in [-0.2, -0.15) is 0 Å². The van der Waals surface area contributed by atoms with E-state index in [1.54, 1.807) is 0 Å². The van der Waals surface area contributed by atoms with Gasteiger partial charge in [0.1, 0.15) is 0 Å². The third kappa shape index (κ3) is 25.5. The Labute approximate surface area is 192 Å². The van der Waals surface area contributed by atoms with Crippen molar-refractivity contribution in [2.24, 2.45) is 5.92 Å². The average molecular weight is 418 g/mol. The molecule has 0 N–H and O–H groups in total. The molecule has 0 aromatic rings. The summed E-state index contributed by atoms with van der Waals surface area (Å²) in [6.45, 7) is 7.02. The largest absolute Gasteiger partial charge is 0.0885 e. The van der Waals surface area contributed by atoms with Crippen molar-refractivity contribution < 1.29 is 0 Å². The van der Waals surface area contributed by atoms with Crippen LogP contribution >= 0.6 is 0 Å². The fourth-order valence-electron chi connectivity index (χ4n) is 4.05. The quantitative estimate of drug-likeness (QED) is 0.108. The summed E-state index contributed by atoms with van der Waals surface area (Å²) in [5.41, 5.74) is 0. The zero-order chi connectivity index (χ0) is 22.0. The van der Waals surface area contributed by atoms with Gasteiger partial charge < -0.3 is 0 Å². The Morgan fingerprint density at radius 2 is 0.933 bits per heavy atom. The minimum Gasteiger partial charge on any atom is -0.0885 e. The number of rotatable bonds is 24. The molecule has 1 radical (unpaired) electrons. The summed E-state index contributed by atoms with van der Waals surface area (Å²) in [5.74, 6) is 0.895. The first kappa shape index (κ1) is 29.5. The van der Waals surface area contributed by atoms with Gasteiger partial charge in [0.15, 0.2) is 0 Å². The van der Waals surface area contributed by atoms with Crippen LogP contribution in [0.4, 0.5) is 0 Å². The molecule has 0 aromatic carbocycles. The van der Waals surface area contributed by atoms with Crippen LogP contribution in [0.3, 0.4) is 0 Å². The molecule has 30 heavy (non-hydrogen) atoms. The van der Waals surface area contributed by atoms with Gasteiger partial charge in [-0.15, -0.1) is 0 Å². The summed E-state index contributed by atoms with van der Waals surface area (Å²) >= 11 is 0. The van der Waals surface area contributed by atoms with Crippen molar-refractivity contribution in [1.82, 2.24) is 0 Å². The molecule has 0 rings (SSSR count). The summed E-state index contributed by atoms with van der Waals surface area (Å²) in [5, 5.41) is 0. The molecule has 0 heterocycles. The maximum atomic E-state index is 2.48. The van der Waals surface area contributed by atoms with E-state index in [9.17, 15) is 0 Å². The van der Waals surface area contributed by atoms with E-state index in [2.05, 4.69) is 51.5 Å². The molecule has 0 aliphatic heterocycles. The third-order valence-corrected chi connectivity index (χ3v) is 6.27. The Hall–Kier alpha value is -0.520. The van der Waals surface area contributed by atoms with Crippen molar-refractivity contribution in [3.8, 4) is 0 Å². The summed E-state index contributed by atoms with van der Waals surface area (Å²) in [7, 11) is 0. The molecule has 0 aromatic heterocycles. The number of hydrogen-bond donors (Lipinski definition) is 0. The summed E-state index contributed by atoms with van der Waals surface area (Å²) in [4.78, 5) is 0. The molecule has 0 nitrogen and oxygen atoms in total. The summed E-state index contributed by atoms with van der Waals surface area (Å²) < 4.78 is 0. The molecular formula is C30H57. The lowest BCUT2D eigenvalue weighted by Crippen LogP contribution is -1.95. The SMILES string of the molecule is CCCCCCCC=CC[CH]CCC(C)CCCCCC=CCCCCCCCC. The molecule has 0 amide bonds. The van der Waals surface area contributed by atoms with E-state index in [1.807, 2.05) is 0 Å². The van der Waals surface area contributed by atoms with E-state index < -0.39 is 0 Å². The molecule has 0 fully saturated rings. The second-order valence-electron chi connectivity index (χ2n) is 9.55. The van der Waals surface area contributed by atoms with Gasteiger partial charge in [-0.1, -0.05) is 129 Å². The molecule has 0 aliphatic carbocycles. The Kier molecular flexibility index (Phi) is 26.1. The second-order valence-corrected chi connectivity index (χ2v) is 9.55. The highest BCUT2D eigenvalue weighted by Gasteiger charge is 2.01. The minimum atomic E-state index is 0.895. The van der Waals surface area contributed by atoms with Gasteiger partial charge in [0.25, 0.3) is 0 Å². The monoisotopic (exact) mass is 417 g/mol. The number of allylic oxidation sites excluding steroid dienone is 4. The van der Waals surface area contributed by atoms with Gasteiger partial charge >= 0.3 is 0 Å². The van der Waals surface area contributed by atoms with E-state index in [-0.39, 0.29) is 0 Å². The predicted molar refractivity (Wildman–Crippen MR) is 140 cm³/mol. The first-order valence-electron chi connectivity index (χ1n) is 13.9. The van der Waals surface area contributed by atoms with Gasteiger partial charge in [-0.05, 0) is 63.7 Å². The lowest BCUT2D eigenvalue weighted by molar-refractivity contribution is 0.459. The van der Waals surface area contributed by atoms with E-state index >= 15 is 0 Å². The molecule has 1 atom stereocenters. The standard InChI is InChI=1S/C30H57/c1-4-6-8-10-12-14-16-17-19-21-23-25-27-29-30(3)28-26-24-22-20-18-15-13-11-9-7-5-2/h17-20,24,30H,4-16,21-23,25-29H2,1-3H3. The van der Waals surface area contributed by atoms with Crippen LogP contribution in [0.15, 0.2) is 24.3 Å². The van der Waals surface area contributed by atoms with E-state index in [0.717, 1.165) is 5.92 Å². The van der Waals surface area contributed by atoms with Crippen molar-refractivity contribution in [2.75, 3.05) is 0 Å². The van der Waals surface area contributed by atoms with Gasteiger partial charge in [-0.3, -0.25) is 0 Å². The Morgan fingerprint density at radius 1 is 0.467 bits per heavy atom. The molecule has 1 unspecified atom stereocenters. The lowest BCUT2D eigenvalue weighted by atomic mass is 9.96. The van der Waals surface area contributed by atoms with Gasteiger partial charge in [0, 0.05) is 0 Å². The number of unbranched alkanes of at least 4 members (excludes halogenated alkanes) is 16. The molecule has 0 spiro atoms. The summed E-state index contributed by atoms with van der Waals surface area (Å²) in [6, 6.07) is 0. The van der Waals surface area contributed by atoms with Crippen LogP contribution in [-0.4, -0.2) is 0 Å². The van der Waals surface area contributed by atoms with Crippen LogP contribution in [0.2, 0.25) is 0 Å². The zero-order valence-electron chi connectivity index (χ0n) is 21.3. The fourth-order valence-corrected chi connectivity index (χ4v) is 4.05.